The zero-order chi connectivity index (χ0) is 19.3. The average Bonchev–Trinajstić information content (AvgIpc) is 2.66. The average molecular weight is 367 g/mol. The molecule has 2 aromatic carbocycles. The van der Waals surface area contributed by atoms with Crippen molar-refractivity contribution in [2.75, 3.05) is 19.8 Å². The van der Waals surface area contributed by atoms with E-state index in [9.17, 15) is 4.79 Å². The van der Waals surface area contributed by atoms with E-state index in [0.29, 0.717) is 6.54 Å². The molecule has 1 fully saturated rings. The molecule has 0 radical (unpaired) electrons. The molecular weight excluding hydrogens is 338 g/mol. The zero-order valence-corrected chi connectivity index (χ0v) is 16.5. The van der Waals surface area contributed by atoms with Gasteiger partial charge in [0.05, 0.1) is 0 Å². The van der Waals surface area contributed by atoms with Crippen molar-refractivity contribution in [3.8, 4) is 5.75 Å². The first-order chi connectivity index (χ1) is 13.0. The van der Waals surface area contributed by atoms with Crippen LogP contribution >= 0.6 is 0 Å². The Morgan fingerprint density at radius 3 is 2.37 bits per heavy atom. The van der Waals surface area contributed by atoms with Crippen molar-refractivity contribution in [2.45, 2.75) is 45.1 Å². The molecule has 0 spiro atoms. The number of amides is 1. The van der Waals surface area contributed by atoms with Crippen LogP contribution in [0.3, 0.4) is 0 Å². The second kappa shape index (κ2) is 8.57. The summed E-state index contributed by atoms with van der Waals surface area (Å²) in [6, 6.07) is 16.4. The van der Waals surface area contributed by atoms with Gasteiger partial charge < -0.3 is 14.8 Å². The minimum absolute atomic E-state index is 0.0746. The molecule has 0 aromatic heterocycles. The molecule has 0 aliphatic carbocycles. The van der Waals surface area contributed by atoms with Crippen molar-refractivity contribution < 1.29 is 14.3 Å². The predicted octanol–water partition coefficient (Wildman–Crippen LogP) is 3.94. The molecular formula is C23H29NO3. The standard InChI is InChI=1S/C23H29NO3/c1-17-13-18(2)15-21(14-17)27-19(3)22(25)24-16-23(9-11-26-12-10-23)20-7-5-4-6-8-20/h4-8,13-15,19H,9-12,16H2,1-3H3,(H,24,25). The maximum absolute atomic E-state index is 12.7. The second-order valence-corrected chi connectivity index (χ2v) is 7.56. The summed E-state index contributed by atoms with van der Waals surface area (Å²) in [4.78, 5) is 12.7. The summed E-state index contributed by atoms with van der Waals surface area (Å²) in [5.41, 5.74) is 3.44. The molecule has 4 heteroatoms. The van der Waals surface area contributed by atoms with E-state index in [2.05, 4.69) is 35.6 Å². The number of carbonyl (C=O) groups excluding carboxylic acids is 1. The summed E-state index contributed by atoms with van der Waals surface area (Å²) in [6.45, 7) is 7.89. The third kappa shape index (κ3) is 4.89. The summed E-state index contributed by atoms with van der Waals surface area (Å²) in [7, 11) is 0. The number of ether oxygens (including phenoxy) is 2. The molecule has 0 bridgehead atoms. The predicted molar refractivity (Wildman–Crippen MR) is 107 cm³/mol. The Hall–Kier alpha value is -2.33. The first-order valence-corrected chi connectivity index (χ1v) is 9.64. The van der Waals surface area contributed by atoms with E-state index in [1.54, 1.807) is 6.92 Å². The number of hydrogen-bond donors (Lipinski definition) is 1. The Morgan fingerprint density at radius 1 is 1.11 bits per heavy atom. The van der Waals surface area contributed by atoms with E-state index < -0.39 is 6.10 Å². The van der Waals surface area contributed by atoms with E-state index in [4.69, 9.17) is 9.47 Å². The lowest BCUT2D eigenvalue weighted by molar-refractivity contribution is -0.127. The van der Waals surface area contributed by atoms with Gasteiger partial charge in [-0.25, -0.2) is 0 Å². The normalized spacial score (nSPS) is 17.1. The lowest BCUT2D eigenvalue weighted by atomic mass is 9.74. The van der Waals surface area contributed by atoms with Gasteiger partial charge in [0.2, 0.25) is 0 Å². The Kier molecular flexibility index (Phi) is 6.17. The van der Waals surface area contributed by atoms with Crippen LogP contribution in [0.4, 0.5) is 0 Å². The fourth-order valence-electron chi connectivity index (χ4n) is 3.78. The van der Waals surface area contributed by atoms with Crippen LogP contribution in [0.1, 0.15) is 36.5 Å². The topological polar surface area (TPSA) is 47.6 Å². The molecule has 1 N–H and O–H groups in total. The minimum Gasteiger partial charge on any atom is -0.481 e. The largest absolute Gasteiger partial charge is 0.481 e. The maximum Gasteiger partial charge on any atom is 0.260 e. The van der Waals surface area contributed by atoms with Crippen LogP contribution < -0.4 is 10.1 Å². The van der Waals surface area contributed by atoms with E-state index in [0.717, 1.165) is 42.9 Å². The highest BCUT2D eigenvalue weighted by Crippen LogP contribution is 2.34. The van der Waals surface area contributed by atoms with E-state index >= 15 is 0 Å². The van der Waals surface area contributed by atoms with Gasteiger partial charge in [0.1, 0.15) is 5.75 Å². The number of carbonyl (C=O) groups is 1. The van der Waals surface area contributed by atoms with Crippen LogP contribution in [0.25, 0.3) is 0 Å². The highest BCUT2D eigenvalue weighted by atomic mass is 16.5. The van der Waals surface area contributed by atoms with E-state index in [1.165, 1.54) is 5.56 Å². The smallest absolute Gasteiger partial charge is 0.260 e. The summed E-state index contributed by atoms with van der Waals surface area (Å²) in [6.07, 6.45) is 1.27. The molecule has 1 amide bonds. The Morgan fingerprint density at radius 2 is 1.74 bits per heavy atom. The molecule has 3 rings (SSSR count). The van der Waals surface area contributed by atoms with Crippen molar-refractivity contribution in [1.82, 2.24) is 5.32 Å². The van der Waals surface area contributed by atoms with Crippen LogP contribution in [0, 0.1) is 13.8 Å². The number of rotatable bonds is 6. The van der Waals surface area contributed by atoms with Crippen molar-refractivity contribution >= 4 is 5.91 Å². The third-order valence-corrected chi connectivity index (χ3v) is 5.31. The van der Waals surface area contributed by atoms with Gasteiger partial charge in [0.15, 0.2) is 6.10 Å². The molecule has 1 heterocycles. The van der Waals surface area contributed by atoms with Gasteiger partial charge in [0.25, 0.3) is 5.91 Å². The van der Waals surface area contributed by atoms with E-state index in [-0.39, 0.29) is 11.3 Å². The van der Waals surface area contributed by atoms with Crippen molar-refractivity contribution in [1.29, 1.82) is 0 Å². The van der Waals surface area contributed by atoms with Gasteiger partial charge >= 0.3 is 0 Å². The van der Waals surface area contributed by atoms with Crippen LogP contribution in [0.5, 0.6) is 5.75 Å². The number of nitrogens with one attached hydrogen (secondary N) is 1. The highest BCUT2D eigenvalue weighted by molar-refractivity contribution is 5.80. The number of hydrogen-bond acceptors (Lipinski definition) is 3. The maximum atomic E-state index is 12.7. The van der Waals surface area contributed by atoms with Crippen molar-refractivity contribution in [2.24, 2.45) is 0 Å². The molecule has 4 nitrogen and oxygen atoms in total. The molecule has 144 valence electrons. The molecule has 1 aliphatic heterocycles. The van der Waals surface area contributed by atoms with Gasteiger partial charge in [-0.15, -0.1) is 0 Å². The van der Waals surface area contributed by atoms with Crippen LogP contribution in [0.2, 0.25) is 0 Å². The molecule has 1 saturated heterocycles. The number of benzene rings is 2. The second-order valence-electron chi connectivity index (χ2n) is 7.56. The van der Waals surface area contributed by atoms with Crippen LogP contribution in [-0.2, 0) is 14.9 Å². The lowest BCUT2D eigenvalue weighted by Gasteiger charge is -2.38. The van der Waals surface area contributed by atoms with Gasteiger partial charge in [-0.05, 0) is 62.4 Å². The van der Waals surface area contributed by atoms with Gasteiger partial charge in [-0.2, -0.15) is 0 Å². The minimum atomic E-state index is -0.543. The van der Waals surface area contributed by atoms with Crippen LogP contribution in [-0.4, -0.2) is 31.8 Å². The molecule has 2 aromatic rings. The molecule has 1 atom stereocenters. The van der Waals surface area contributed by atoms with Gasteiger partial charge in [-0.3, -0.25) is 4.79 Å². The van der Waals surface area contributed by atoms with Gasteiger partial charge in [-0.1, -0.05) is 36.4 Å². The molecule has 1 aliphatic rings. The van der Waals surface area contributed by atoms with Crippen LogP contribution in [0.15, 0.2) is 48.5 Å². The summed E-state index contributed by atoms with van der Waals surface area (Å²) < 4.78 is 11.4. The fraction of sp³-hybridized carbons (Fsp3) is 0.435. The molecule has 1 unspecified atom stereocenters. The lowest BCUT2D eigenvalue weighted by Crippen LogP contribution is -2.47. The summed E-state index contributed by atoms with van der Waals surface area (Å²) in [5.74, 6) is 0.648. The first-order valence-electron chi connectivity index (χ1n) is 9.64. The Bertz CT molecular complexity index is 746. The van der Waals surface area contributed by atoms with Gasteiger partial charge in [0, 0.05) is 25.2 Å². The third-order valence-electron chi connectivity index (χ3n) is 5.31. The summed E-state index contributed by atoms with van der Waals surface area (Å²) >= 11 is 0. The molecule has 27 heavy (non-hydrogen) atoms. The Balaban J connectivity index is 1.65. The SMILES string of the molecule is Cc1cc(C)cc(OC(C)C(=O)NCC2(c3ccccc3)CCOCC2)c1. The highest BCUT2D eigenvalue weighted by Gasteiger charge is 2.35. The van der Waals surface area contributed by atoms with E-state index in [1.807, 2.05) is 32.0 Å². The first kappa shape index (κ1) is 19.4. The monoisotopic (exact) mass is 367 g/mol. The fourth-order valence-corrected chi connectivity index (χ4v) is 3.78. The zero-order valence-electron chi connectivity index (χ0n) is 16.5. The summed E-state index contributed by atoms with van der Waals surface area (Å²) in [5, 5.41) is 3.12. The molecule has 0 saturated carbocycles. The Labute approximate surface area is 161 Å². The van der Waals surface area contributed by atoms with Crippen molar-refractivity contribution in [3.05, 3.63) is 65.2 Å². The quantitative estimate of drug-likeness (QED) is 0.841. The number of aryl methyl sites for hydroxylation is 2. The van der Waals surface area contributed by atoms with Crippen molar-refractivity contribution in [3.63, 3.8) is 0 Å².